The minimum atomic E-state index is -0.223. The summed E-state index contributed by atoms with van der Waals surface area (Å²) >= 11 is 0. The molecule has 3 rings (SSSR count). The molecule has 0 saturated heterocycles. The molecule has 0 saturated carbocycles. The van der Waals surface area contributed by atoms with Crippen molar-refractivity contribution in [1.29, 1.82) is 0 Å². The minimum Gasteiger partial charge on any atom is -0.350 e. The van der Waals surface area contributed by atoms with Gasteiger partial charge in [0.2, 0.25) is 5.91 Å². The minimum absolute atomic E-state index is 0.0426. The summed E-state index contributed by atoms with van der Waals surface area (Å²) in [5.74, 6) is 0.571. The summed E-state index contributed by atoms with van der Waals surface area (Å²) < 4.78 is 2.96. The molecule has 2 aromatic rings. The Labute approximate surface area is 128 Å². The van der Waals surface area contributed by atoms with Crippen LogP contribution < -0.4 is 11.0 Å². The molecule has 2 aromatic heterocycles. The van der Waals surface area contributed by atoms with Gasteiger partial charge in [-0.25, -0.2) is 9.48 Å². The Morgan fingerprint density at radius 2 is 2.23 bits per heavy atom. The van der Waals surface area contributed by atoms with Gasteiger partial charge in [0.05, 0.1) is 0 Å². The maximum atomic E-state index is 12.2. The fraction of sp³-hybridized carbons (Fsp3) is 0.467. The summed E-state index contributed by atoms with van der Waals surface area (Å²) in [6, 6.07) is 3.71. The van der Waals surface area contributed by atoms with E-state index in [4.69, 9.17) is 0 Å². The van der Waals surface area contributed by atoms with Crippen LogP contribution in [0.1, 0.15) is 30.7 Å². The van der Waals surface area contributed by atoms with Gasteiger partial charge in [0, 0.05) is 31.9 Å². The molecular formula is C15H19N5O2. The quantitative estimate of drug-likeness (QED) is 0.890. The summed E-state index contributed by atoms with van der Waals surface area (Å²) in [6.45, 7) is 1.06. The van der Waals surface area contributed by atoms with Crippen molar-refractivity contribution in [2.75, 3.05) is 0 Å². The van der Waals surface area contributed by atoms with Crippen LogP contribution in [0.15, 0.2) is 29.3 Å². The van der Waals surface area contributed by atoms with Gasteiger partial charge < -0.3 is 5.32 Å². The van der Waals surface area contributed by atoms with Gasteiger partial charge in [0.25, 0.3) is 0 Å². The van der Waals surface area contributed by atoms with Crippen LogP contribution >= 0.6 is 0 Å². The highest BCUT2D eigenvalue weighted by atomic mass is 16.2. The fourth-order valence-corrected chi connectivity index (χ4v) is 2.62. The fourth-order valence-electron chi connectivity index (χ4n) is 2.62. The first-order chi connectivity index (χ1) is 10.7. The van der Waals surface area contributed by atoms with Gasteiger partial charge in [-0.3, -0.25) is 14.3 Å². The van der Waals surface area contributed by atoms with E-state index in [0.29, 0.717) is 13.1 Å². The van der Waals surface area contributed by atoms with Crippen molar-refractivity contribution in [3.8, 4) is 0 Å². The average molecular weight is 301 g/mol. The molecule has 1 N–H and O–H groups in total. The molecule has 0 bridgehead atoms. The van der Waals surface area contributed by atoms with Crippen LogP contribution in [0, 0.1) is 0 Å². The van der Waals surface area contributed by atoms with Crippen molar-refractivity contribution in [2.45, 2.75) is 45.3 Å². The Bertz CT molecular complexity index is 704. The number of carbonyl (C=O) groups excluding carboxylic acids is 1. The third-order valence-electron chi connectivity index (χ3n) is 3.79. The largest absolute Gasteiger partial charge is 0.350 e. The highest BCUT2D eigenvalue weighted by molar-refractivity contribution is 5.75. The van der Waals surface area contributed by atoms with Crippen molar-refractivity contribution in [2.24, 2.45) is 0 Å². The van der Waals surface area contributed by atoms with Crippen molar-refractivity contribution >= 4 is 5.91 Å². The van der Waals surface area contributed by atoms with Gasteiger partial charge in [-0.15, -0.1) is 0 Å². The van der Waals surface area contributed by atoms with Gasteiger partial charge in [0.15, 0.2) is 0 Å². The molecule has 0 radical (unpaired) electrons. The number of aromatic nitrogens is 4. The highest BCUT2D eigenvalue weighted by Gasteiger charge is 2.17. The predicted molar refractivity (Wildman–Crippen MR) is 80.1 cm³/mol. The molecular weight excluding hydrogens is 282 g/mol. The van der Waals surface area contributed by atoms with Crippen LogP contribution in [0.5, 0.6) is 0 Å². The van der Waals surface area contributed by atoms with Crippen molar-refractivity contribution in [3.05, 3.63) is 46.4 Å². The van der Waals surface area contributed by atoms with E-state index in [1.165, 1.54) is 4.68 Å². The first-order valence-electron chi connectivity index (χ1n) is 7.56. The van der Waals surface area contributed by atoms with Crippen LogP contribution in [0.3, 0.4) is 0 Å². The van der Waals surface area contributed by atoms with E-state index >= 15 is 0 Å². The van der Waals surface area contributed by atoms with Crippen LogP contribution in [-0.4, -0.2) is 25.2 Å². The first kappa shape index (κ1) is 14.5. The molecule has 3 heterocycles. The number of aryl methyl sites for hydroxylation is 1. The highest BCUT2D eigenvalue weighted by Crippen LogP contribution is 2.10. The zero-order valence-corrected chi connectivity index (χ0v) is 12.4. The van der Waals surface area contributed by atoms with Gasteiger partial charge >= 0.3 is 5.69 Å². The van der Waals surface area contributed by atoms with Gasteiger partial charge in [-0.05, 0) is 24.5 Å². The van der Waals surface area contributed by atoms with E-state index in [1.807, 2.05) is 12.1 Å². The molecule has 0 atom stereocenters. The van der Waals surface area contributed by atoms with Crippen molar-refractivity contribution in [3.63, 3.8) is 0 Å². The average Bonchev–Trinajstić information content (AvgIpc) is 2.71. The Hall–Kier alpha value is -2.44. The molecule has 22 heavy (non-hydrogen) atoms. The number of nitrogens with one attached hydrogen (secondary N) is 1. The van der Waals surface area contributed by atoms with Crippen LogP contribution in [-0.2, 0) is 30.8 Å². The van der Waals surface area contributed by atoms with Gasteiger partial charge in [-0.1, -0.05) is 12.5 Å². The second-order valence-electron chi connectivity index (χ2n) is 5.46. The third kappa shape index (κ3) is 3.24. The SMILES string of the molecule is O=C(Cn1nc2n(c1=O)CCCCC2)NCc1cccnc1. The molecule has 0 aliphatic carbocycles. The third-order valence-corrected chi connectivity index (χ3v) is 3.79. The van der Waals surface area contributed by atoms with Crippen molar-refractivity contribution in [1.82, 2.24) is 24.6 Å². The first-order valence-corrected chi connectivity index (χ1v) is 7.56. The zero-order chi connectivity index (χ0) is 15.4. The lowest BCUT2D eigenvalue weighted by Crippen LogP contribution is -2.33. The monoisotopic (exact) mass is 301 g/mol. The number of carbonyl (C=O) groups is 1. The molecule has 7 heteroatoms. The van der Waals surface area contributed by atoms with Crippen LogP contribution in [0.4, 0.5) is 0 Å². The van der Waals surface area contributed by atoms with E-state index in [1.54, 1.807) is 17.0 Å². The number of rotatable bonds is 4. The molecule has 7 nitrogen and oxygen atoms in total. The Morgan fingerprint density at radius 3 is 3.05 bits per heavy atom. The number of hydrogen-bond acceptors (Lipinski definition) is 4. The maximum absolute atomic E-state index is 12.2. The molecule has 0 fully saturated rings. The molecule has 0 spiro atoms. The van der Waals surface area contributed by atoms with Gasteiger partial charge in [0.1, 0.15) is 12.4 Å². The number of fused-ring (bicyclic) bond motifs is 1. The summed E-state index contributed by atoms with van der Waals surface area (Å²) in [5.41, 5.74) is 0.734. The smallest absolute Gasteiger partial charge is 0.346 e. The zero-order valence-electron chi connectivity index (χ0n) is 12.4. The van der Waals surface area contributed by atoms with Crippen LogP contribution in [0.25, 0.3) is 0 Å². The Balaban J connectivity index is 1.63. The second-order valence-corrected chi connectivity index (χ2v) is 5.46. The Kier molecular flexibility index (Phi) is 4.32. The molecule has 1 amide bonds. The summed E-state index contributed by atoms with van der Waals surface area (Å²) in [4.78, 5) is 28.2. The number of nitrogens with zero attached hydrogens (tertiary/aromatic N) is 4. The van der Waals surface area contributed by atoms with E-state index in [2.05, 4.69) is 15.4 Å². The maximum Gasteiger partial charge on any atom is 0.346 e. The Morgan fingerprint density at radius 1 is 1.32 bits per heavy atom. The van der Waals surface area contributed by atoms with E-state index in [0.717, 1.165) is 37.1 Å². The van der Waals surface area contributed by atoms with E-state index < -0.39 is 0 Å². The number of hydrogen-bond donors (Lipinski definition) is 1. The molecule has 0 unspecified atom stereocenters. The topological polar surface area (TPSA) is 81.8 Å². The van der Waals surface area contributed by atoms with Crippen LogP contribution in [0.2, 0.25) is 0 Å². The van der Waals surface area contributed by atoms with E-state index in [9.17, 15) is 9.59 Å². The summed E-state index contributed by atoms with van der Waals surface area (Å²) in [7, 11) is 0. The molecule has 1 aliphatic heterocycles. The van der Waals surface area contributed by atoms with Gasteiger partial charge in [-0.2, -0.15) is 5.10 Å². The lowest BCUT2D eigenvalue weighted by atomic mass is 10.2. The lowest BCUT2D eigenvalue weighted by Gasteiger charge is -2.04. The standard InChI is InChI=1S/C15H19N5O2/c21-14(17-10-12-5-4-7-16-9-12)11-20-15(22)19-8-3-1-2-6-13(19)18-20/h4-5,7,9H,1-3,6,8,10-11H2,(H,17,21). The summed E-state index contributed by atoms with van der Waals surface area (Å²) in [5, 5.41) is 7.08. The second kappa shape index (κ2) is 6.55. The van der Waals surface area contributed by atoms with E-state index in [-0.39, 0.29) is 18.1 Å². The number of amides is 1. The van der Waals surface area contributed by atoms with Crippen molar-refractivity contribution < 1.29 is 4.79 Å². The lowest BCUT2D eigenvalue weighted by molar-refractivity contribution is -0.122. The normalized spacial score (nSPS) is 14.2. The molecule has 1 aliphatic rings. The summed E-state index contributed by atoms with van der Waals surface area (Å²) in [6.07, 6.45) is 7.35. The molecule has 116 valence electrons. The predicted octanol–water partition coefficient (Wildman–Crippen LogP) is 0.483. The molecule has 0 aromatic carbocycles. The number of pyridine rings is 1.